The van der Waals surface area contributed by atoms with Crippen molar-refractivity contribution < 1.29 is 4.79 Å². The highest BCUT2D eigenvalue weighted by molar-refractivity contribution is 5.87. The third kappa shape index (κ3) is 2.05. The molecule has 0 aromatic carbocycles. The predicted octanol–water partition coefficient (Wildman–Crippen LogP) is 5.23. The number of carbonyl (C=O) groups is 1. The molecule has 0 aromatic rings. The molecule has 4 fully saturated rings. The van der Waals surface area contributed by atoms with Crippen molar-refractivity contribution in [3.05, 3.63) is 0 Å². The third-order valence-corrected chi connectivity index (χ3v) is 8.20. The van der Waals surface area contributed by atoms with Crippen molar-refractivity contribution in [2.24, 2.45) is 40.4 Å². The molecule has 0 amide bonds. The topological polar surface area (TPSA) is 17.1 Å². The molecule has 0 heterocycles. The lowest BCUT2D eigenvalue weighted by Crippen LogP contribution is -2.49. The van der Waals surface area contributed by atoms with Crippen molar-refractivity contribution in [1.29, 1.82) is 0 Å². The summed E-state index contributed by atoms with van der Waals surface area (Å²) in [5.74, 6) is 5.17. The number of hydrogen-bond acceptors (Lipinski definition) is 1. The van der Waals surface area contributed by atoms with Gasteiger partial charge >= 0.3 is 0 Å². The van der Waals surface area contributed by atoms with Crippen LogP contribution in [0, 0.1) is 40.4 Å². The first-order chi connectivity index (χ1) is 9.91. The van der Waals surface area contributed by atoms with E-state index < -0.39 is 0 Å². The minimum Gasteiger partial charge on any atom is -0.299 e. The Morgan fingerprint density at radius 1 is 0.857 bits per heavy atom. The van der Waals surface area contributed by atoms with Gasteiger partial charge in [0.2, 0.25) is 0 Å². The predicted molar refractivity (Wildman–Crippen MR) is 85.9 cm³/mol. The molecular weight excluding hydrogens is 256 g/mol. The highest BCUT2D eigenvalue weighted by Gasteiger charge is 2.57. The molecule has 4 saturated carbocycles. The zero-order chi connectivity index (χ0) is 14.8. The molecule has 0 aliphatic heterocycles. The van der Waals surface area contributed by atoms with Crippen LogP contribution in [0.15, 0.2) is 0 Å². The molecule has 4 aliphatic rings. The molecular formula is C20H32O. The van der Waals surface area contributed by atoms with Gasteiger partial charge in [-0.15, -0.1) is 0 Å². The largest absolute Gasteiger partial charge is 0.299 e. The molecule has 21 heavy (non-hydrogen) atoms. The Labute approximate surface area is 130 Å². The summed E-state index contributed by atoms with van der Waals surface area (Å²) < 4.78 is 0. The van der Waals surface area contributed by atoms with Gasteiger partial charge in [0, 0.05) is 11.8 Å². The lowest BCUT2D eigenvalue weighted by Gasteiger charge is -2.56. The molecule has 1 heteroatoms. The van der Waals surface area contributed by atoms with Gasteiger partial charge in [0.05, 0.1) is 0 Å². The SMILES string of the molecule is CC1(C)CC[C@H]2[C@@H](CC[C@@H]3[C@@H]2CC[C@]2(C)C(=O)CC[C@@H]32)C1. The van der Waals surface area contributed by atoms with Gasteiger partial charge in [-0.1, -0.05) is 20.8 Å². The fourth-order valence-corrected chi connectivity index (χ4v) is 7.08. The van der Waals surface area contributed by atoms with Crippen molar-refractivity contribution in [2.45, 2.75) is 78.6 Å². The monoisotopic (exact) mass is 288 g/mol. The number of ketones is 1. The quantitative estimate of drug-likeness (QED) is 0.596. The zero-order valence-corrected chi connectivity index (χ0v) is 14.2. The van der Waals surface area contributed by atoms with Gasteiger partial charge in [0.15, 0.2) is 0 Å². The Balaban J connectivity index is 1.57. The molecule has 118 valence electrons. The number of hydrogen-bond donors (Lipinski definition) is 0. The van der Waals surface area contributed by atoms with Crippen molar-refractivity contribution >= 4 is 5.78 Å². The second kappa shape index (κ2) is 4.59. The van der Waals surface area contributed by atoms with E-state index in [2.05, 4.69) is 20.8 Å². The molecule has 0 spiro atoms. The third-order valence-electron chi connectivity index (χ3n) is 8.20. The van der Waals surface area contributed by atoms with E-state index in [0.717, 1.165) is 36.0 Å². The van der Waals surface area contributed by atoms with Crippen molar-refractivity contribution in [3.8, 4) is 0 Å². The summed E-state index contributed by atoms with van der Waals surface area (Å²) in [4.78, 5) is 12.4. The van der Waals surface area contributed by atoms with Crippen molar-refractivity contribution in [3.63, 3.8) is 0 Å². The fourth-order valence-electron chi connectivity index (χ4n) is 7.08. The maximum Gasteiger partial charge on any atom is 0.139 e. The first-order valence-corrected chi connectivity index (χ1v) is 9.44. The van der Waals surface area contributed by atoms with Gasteiger partial charge in [0.1, 0.15) is 5.78 Å². The molecule has 0 N–H and O–H groups in total. The van der Waals surface area contributed by atoms with Crippen LogP contribution in [0.2, 0.25) is 0 Å². The second-order valence-corrected chi connectivity index (χ2v) is 9.76. The average molecular weight is 288 g/mol. The molecule has 0 aromatic heterocycles. The van der Waals surface area contributed by atoms with Crippen LogP contribution in [0.3, 0.4) is 0 Å². The lowest BCUT2D eigenvalue weighted by molar-refractivity contribution is -0.133. The molecule has 4 rings (SSSR count). The Morgan fingerprint density at radius 3 is 2.43 bits per heavy atom. The van der Waals surface area contributed by atoms with Crippen molar-refractivity contribution in [2.75, 3.05) is 0 Å². The minimum atomic E-state index is 0.0714. The van der Waals surface area contributed by atoms with Gasteiger partial charge in [-0.05, 0) is 86.4 Å². The molecule has 0 bridgehead atoms. The number of Topliss-reactive ketones (excluding diaryl/α,β-unsaturated/α-hetero) is 1. The van der Waals surface area contributed by atoms with E-state index in [4.69, 9.17) is 0 Å². The van der Waals surface area contributed by atoms with Crippen LogP contribution in [-0.2, 0) is 4.79 Å². The van der Waals surface area contributed by atoms with Gasteiger partial charge < -0.3 is 0 Å². The number of carbonyl (C=O) groups excluding carboxylic acids is 1. The molecule has 0 unspecified atom stereocenters. The Hall–Kier alpha value is -0.330. The van der Waals surface area contributed by atoms with E-state index in [0.29, 0.717) is 11.2 Å². The van der Waals surface area contributed by atoms with E-state index in [1.54, 1.807) is 0 Å². The number of fused-ring (bicyclic) bond motifs is 5. The lowest BCUT2D eigenvalue weighted by atomic mass is 9.49. The summed E-state index contributed by atoms with van der Waals surface area (Å²) in [5, 5.41) is 0. The van der Waals surface area contributed by atoms with E-state index in [1.807, 2.05) is 0 Å². The molecule has 4 aliphatic carbocycles. The van der Waals surface area contributed by atoms with Crippen LogP contribution in [0.1, 0.15) is 78.6 Å². The first-order valence-electron chi connectivity index (χ1n) is 9.44. The highest BCUT2D eigenvalue weighted by atomic mass is 16.1. The van der Waals surface area contributed by atoms with Crippen LogP contribution in [0.5, 0.6) is 0 Å². The summed E-state index contributed by atoms with van der Waals surface area (Å²) in [6.07, 6.45) is 11.9. The summed E-state index contributed by atoms with van der Waals surface area (Å²) in [6, 6.07) is 0. The first kappa shape index (κ1) is 14.3. The molecule has 0 saturated heterocycles. The molecule has 0 radical (unpaired) electrons. The fraction of sp³-hybridized carbons (Fsp3) is 0.950. The normalized spacial score (nSPS) is 52.0. The van der Waals surface area contributed by atoms with E-state index >= 15 is 0 Å². The Bertz CT molecular complexity index is 451. The summed E-state index contributed by atoms with van der Waals surface area (Å²) in [6.45, 7) is 7.26. The van der Waals surface area contributed by atoms with Crippen LogP contribution in [0.25, 0.3) is 0 Å². The smallest absolute Gasteiger partial charge is 0.139 e. The maximum atomic E-state index is 12.4. The Morgan fingerprint density at radius 2 is 1.62 bits per heavy atom. The van der Waals surface area contributed by atoms with Gasteiger partial charge in [-0.3, -0.25) is 4.79 Å². The summed E-state index contributed by atoms with van der Waals surface area (Å²) >= 11 is 0. The highest BCUT2D eigenvalue weighted by Crippen LogP contribution is 2.62. The van der Waals surface area contributed by atoms with E-state index in [1.165, 1.54) is 51.4 Å². The molecule has 6 atom stereocenters. The van der Waals surface area contributed by atoms with Gasteiger partial charge in [0.25, 0.3) is 0 Å². The van der Waals surface area contributed by atoms with Crippen LogP contribution >= 0.6 is 0 Å². The van der Waals surface area contributed by atoms with E-state index in [9.17, 15) is 4.79 Å². The molecule has 1 nitrogen and oxygen atoms in total. The summed E-state index contributed by atoms with van der Waals surface area (Å²) in [7, 11) is 0. The summed E-state index contributed by atoms with van der Waals surface area (Å²) in [5.41, 5.74) is 0.655. The second-order valence-electron chi connectivity index (χ2n) is 9.76. The van der Waals surface area contributed by atoms with E-state index in [-0.39, 0.29) is 5.41 Å². The van der Waals surface area contributed by atoms with Gasteiger partial charge in [-0.2, -0.15) is 0 Å². The Kier molecular flexibility index (Phi) is 3.12. The maximum absolute atomic E-state index is 12.4. The van der Waals surface area contributed by atoms with Crippen LogP contribution in [0.4, 0.5) is 0 Å². The van der Waals surface area contributed by atoms with Crippen molar-refractivity contribution in [1.82, 2.24) is 0 Å². The van der Waals surface area contributed by atoms with Crippen LogP contribution < -0.4 is 0 Å². The van der Waals surface area contributed by atoms with Gasteiger partial charge in [-0.25, -0.2) is 0 Å². The van der Waals surface area contributed by atoms with Crippen LogP contribution in [-0.4, -0.2) is 5.78 Å². The number of rotatable bonds is 0. The zero-order valence-electron chi connectivity index (χ0n) is 14.2. The average Bonchev–Trinajstić information content (AvgIpc) is 2.73. The minimum absolute atomic E-state index is 0.0714. The standard InChI is InChI=1S/C20H32O/c1-19(2)10-8-14-13(12-19)4-5-16-15(14)9-11-20(3)17(16)6-7-18(20)21/h13-17H,4-12H2,1-3H3/t13-,14-,15+,16+,17-,20-/m0/s1.